The number of hydrogen-bond donors (Lipinski definition) is 0. The molecular weight excluding hydrogens is 264 g/mol. The van der Waals surface area contributed by atoms with Gasteiger partial charge < -0.3 is 18.9 Å². The van der Waals surface area contributed by atoms with E-state index >= 15 is 0 Å². The van der Waals surface area contributed by atoms with Crippen LogP contribution in [-0.4, -0.2) is 51.1 Å². The predicted molar refractivity (Wildman–Crippen MR) is 73.2 cm³/mol. The minimum absolute atomic E-state index is 0.147. The Morgan fingerprint density at radius 3 is 2.30 bits per heavy atom. The quantitative estimate of drug-likeness (QED) is 0.275. The summed E-state index contributed by atoms with van der Waals surface area (Å²) in [6.07, 6.45) is 3.19. The number of esters is 2. The second-order valence-electron chi connectivity index (χ2n) is 3.71. The second-order valence-corrected chi connectivity index (χ2v) is 3.71. The topological polar surface area (TPSA) is 74.4 Å². The van der Waals surface area contributed by atoms with Crippen LogP contribution in [0.3, 0.4) is 0 Å². The van der Waals surface area contributed by atoms with Gasteiger partial charge in [0.15, 0.2) is 0 Å². The lowest BCUT2D eigenvalue weighted by molar-refractivity contribution is -0.139. The van der Waals surface area contributed by atoms with Gasteiger partial charge in [-0.05, 0) is 6.92 Å². The Morgan fingerprint density at radius 2 is 1.80 bits per heavy atom. The molecular formula is C14H22O6. The third-order valence-electron chi connectivity index (χ3n) is 2.03. The average molecular weight is 286 g/mol. The Balaban J connectivity index is 0.000000367. The molecule has 114 valence electrons. The summed E-state index contributed by atoms with van der Waals surface area (Å²) in [5.74, 6) is -0.757. The van der Waals surface area contributed by atoms with Crippen LogP contribution in [0, 0.1) is 0 Å². The van der Waals surface area contributed by atoms with Crippen LogP contribution < -0.4 is 0 Å². The molecule has 0 spiro atoms. The van der Waals surface area contributed by atoms with E-state index in [1.807, 2.05) is 6.92 Å². The van der Waals surface area contributed by atoms with Gasteiger partial charge in [-0.2, -0.15) is 0 Å². The minimum atomic E-state index is -0.384. The fourth-order valence-electron chi connectivity index (χ4n) is 0.935. The molecule has 0 aromatic heterocycles. The Kier molecular flexibility index (Phi) is 11.4. The number of rotatable bonds is 9. The molecule has 0 amide bonds. The summed E-state index contributed by atoms with van der Waals surface area (Å²) in [7, 11) is 0. The van der Waals surface area contributed by atoms with Crippen molar-refractivity contribution in [1.29, 1.82) is 0 Å². The van der Waals surface area contributed by atoms with Crippen LogP contribution >= 0.6 is 0 Å². The number of epoxide rings is 1. The third-order valence-corrected chi connectivity index (χ3v) is 2.03. The minimum Gasteiger partial charge on any atom is -0.462 e. The van der Waals surface area contributed by atoms with Gasteiger partial charge in [0, 0.05) is 31.8 Å². The van der Waals surface area contributed by atoms with E-state index in [-0.39, 0.29) is 18.0 Å². The molecule has 0 bridgehead atoms. The molecule has 0 N–H and O–H groups in total. The first kappa shape index (κ1) is 18.3. The molecule has 1 rings (SSSR count). The van der Waals surface area contributed by atoms with Gasteiger partial charge in [-0.25, -0.2) is 9.59 Å². The molecule has 0 radical (unpaired) electrons. The normalized spacial score (nSPS) is 15.3. The fraction of sp³-hybridized carbons (Fsp3) is 0.571. The summed E-state index contributed by atoms with van der Waals surface area (Å²) in [6, 6.07) is 0. The van der Waals surface area contributed by atoms with Crippen LogP contribution in [0.1, 0.15) is 13.3 Å². The zero-order valence-corrected chi connectivity index (χ0v) is 11.8. The molecule has 0 aliphatic carbocycles. The van der Waals surface area contributed by atoms with Crippen LogP contribution in [0.15, 0.2) is 25.3 Å². The molecule has 1 unspecified atom stereocenters. The summed E-state index contributed by atoms with van der Waals surface area (Å²) in [6.45, 7) is 11.3. The molecule has 1 heterocycles. The maximum atomic E-state index is 10.5. The highest BCUT2D eigenvalue weighted by molar-refractivity contribution is 5.81. The van der Waals surface area contributed by atoms with E-state index in [0.717, 1.165) is 18.6 Å². The Bertz CT molecular complexity index is 309. The molecule has 0 aromatic rings. The standard InChI is InChI=1S/C8H14O3.C6H8O3/c1-3-8(9)11-7-5-6-10-4-2;1-2-6(7)9-4-5-3-8-5/h3H,1,4-7H2,2H3;2,5H,1,3-4H2. The van der Waals surface area contributed by atoms with E-state index in [4.69, 9.17) is 14.2 Å². The first-order chi connectivity index (χ1) is 9.63. The molecule has 1 fully saturated rings. The van der Waals surface area contributed by atoms with Gasteiger partial charge in [-0.15, -0.1) is 0 Å². The lowest BCUT2D eigenvalue weighted by Crippen LogP contribution is -2.06. The highest BCUT2D eigenvalue weighted by Crippen LogP contribution is 2.08. The summed E-state index contributed by atoms with van der Waals surface area (Å²) >= 11 is 0. The summed E-state index contributed by atoms with van der Waals surface area (Å²) in [5, 5.41) is 0. The Labute approximate surface area is 119 Å². The van der Waals surface area contributed by atoms with Crippen molar-refractivity contribution in [1.82, 2.24) is 0 Å². The molecule has 0 aromatic carbocycles. The zero-order valence-electron chi connectivity index (χ0n) is 11.8. The molecule has 6 heteroatoms. The van der Waals surface area contributed by atoms with Crippen molar-refractivity contribution in [2.24, 2.45) is 0 Å². The van der Waals surface area contributed by atoms with Crippen LogP contribution in [0.25, 0.3) is 0 Å². The van der Waals surface area contributed by atoms with Gasteiger partial charge in [-0.1, -0.05) is 13.2 Å². The number of carbonyl (C=O) groups is 2. The molecule has 1 atom stereocenters. The Hall–Kier alpha value is -1.66. The lowest BCUT2D eigenvalue weighted by atomic mass is 10.5. The molecule has 6 nitrogen and oxygen atoms in total. The number of carbonyl (C=O) groups excluding carboxylic acids is 2. The van der Waals surface area contributed by atoms with Crippen LogP contribution in [0.5, 0.6) is 0 Å². The van der Waals surface area contributed by atoms with Crippen molar-refractivity contribution in [2.75, 3.05) is 33.0 Å². The van der Waals surface area contributed by atoms with Gasteiger partial charge >= 0.3 is 11.9 Å². The second kappa shape index (κ2) is 12.4. The average Bonchev–Trinajstić information content (AvgIpc) is 3.29. The van der Waals surface area contributed by atoms with Crippen molar-refractivity contribution in [3.8, 4) is 0 Å². The maximum absolute atomic E-state index is 10.5. The summed E-state index contributed by atoms with van der Waals surface area (Å²) in [4.78, 5) is 20.8. The van der Waals surface area contributed by atoms with Gasteiger partial charge in [0.1, 0.15) is 12.7 Å². The zero-order chi connectivity index (χ0) is 15.2. The van der Waals surface area contributed by atoms with E-state index < -0.39 is 0 Å². The van der Waals surface area contributed by atoms with Gasteiger partial charge in [0.05, 0.1) is 13.2 Å². The largest absolute Gasteiger partial charge is 0.462 e. The third kappa shape index (κ3) is 12.8. The van der Waals surface area contributed by atoms with Gasteiger partial charge in [-0.3, -0.25) is 0 Å². The van der Waals surface area contributed by atoms with E-state index in [1.165, 1.54) is 0 Å². The smallest absolute Gasteiger partial charge is 0.330 e. The lowest BCUT2D eigenvalue weighted by Gasteiger charge is -2.01. The van der Waals surface area contributed by atoms with Gasteiger partial charge in [0.25, 0.3) is 0 Å². The first-order valence-corrected chi connectivity index (χ1v) is 6.41. The first-order valence-electron chi connectivity index (χ1n) is 6.41. The number of ether oxygens (including phenoxy) is 4. The van der Waals surface area contributed by atoms with Crippen LogP contribution in [0.4, 0.5) is 0 Å². The van der Waals surface area contributed by atoms with E-state index in [0.29, 0.717) is 33.0 Å². The molecule has 1 saturated heterocycles. The van der Waals surface area contributed by atoms with E-state index in [1.54, 1.807) is 0 Å². The van der Waals surface area contributed by atoms with E-state index in [2.05, 4.69) is 17.9 Å². The van der Waals surface area contributed by atoms with Crippen molar-refractivity contribution in [2.45, 2.75) is 19.4 Å². The molecule has 1 aliphatic heterocycles. The Morgan fingerprint density at radius 1 is 1.20 bits per heavy atom. The van der Waals surface area contributed by atoms with E-state index in [9.17, 15) is 9.59 Å². The van der Waals surface area contributed by atoms with Crippen molar-refractivity contribution in [3.05, 3.63) is 25.3 Å². The summed E-state index contributed by atoms with van der Waals surface area (Å²) in [5.41, 5.74) is 0. The highest BCUT2D eigenvalue weighted by Gasteiger charge is 2.23. The molecule has 20 heavy (non-hydrogen) atoms. The predicted octanol–water partition coefficient (Wildman–Crippen LogP) is 1.26. The summed E-state index contributed by atoms with van der Waals surface area (Å²) < 4.78 is 19.2. The highest BCUT2D eigenvalue weighted by atomic mass is 16.6. The molecule has 0 saturated carbocycles. The molecule has 1 aliphatic rings. The number of hydrogen-bond acceptors (Lipinski definition) is 6. The van der Waals surface area contributed by atoms with Crippen LogP contribution in [-0.2, 0) is 28.5 Å². The van der Waals surface area contributed by atoms with Crippen molar-refractivity contribution < 1.29 is 28.5 Å². The fourth-order valence-corrected chi connectivity index (χ4v) is 0.935. The van der Waals surface area contributed by atoms with Gasteiger partial charge in [0.2, 0.25) is 0 Å². The van der Waals surface area contributed by atoms with Crippen molar-refractivity contribution >= 4 is 11.9 Å². The van der Waals surface area contributed by atoms with Crippen LogP contribution in [0.2, 0.25) is 0 Å². The SMILES string of the molecule is C=CC(=O)OCC1CO1.C=CC(=O)OCCCOCC. The van der Waals surface area contributed by atoms with Crippen molar-refractivity contribution in [3.63, 3.8) is 0 Å². The maximum Gasteiger partial charge on any atom is 0.330 e. The monoisotopic (exact) mass is 286 g/mol.